The van der Waals surface area contributed by atoms with Crippen molar-refractivity contribution in [1.29, 1.82) is 0 Å². The molecule has 1 N–H and O–H groups in total. The summed E-state index contributed by atoms with van der Waals surface area (Å²) in [5, 5.41) is -0.467. The Morgan fingerprint density at radius 1 is 1.20 bits per heavy atom. The fourth-order valence-electron chi connectivity index (χ4n) is 2.20. The second-order valence-electron chi connectivity index (χ2n) is 4.80. The average Bonchev–Trinajstić information content (AvgIpc) is 2.92. The highest BCUT2D eigenvalue weighted by molar-refractivity contribution is 7.90. The zero-order chi connectivity index (χ0) is 14.6. The topological polar surface area (TPSA) is 63.2 Å². The quantitative estimate of drug-likeness (QED) is 0.867. The lowest BCUT2D eigenvalue weighted by atomic mass is 10.2. The van der Waals surface area contributed by atoms with Gasteiger partial charge < -0.3 is 0 Å². The van der Waals surface area contributed by atoms with E-state index in [9.17, 15) is 17.6 Å². The second kappa shape index (κ2) is 6.17. The third kappa shape index (κ3) is 3.90. The molecule has 108 valence electrons. The minimum absolute atomic E-state index is 0.365. The van der Waals surface area contributed by atoms with Crippen molar-refractivity contribution in [3.63, 3.8) is 0 Å². The molecule has 1 saturated carbocycles. The van der Waals surface area contributed by atoms with Gasteiger partial charge in [-0.2, -0.15) is 0 Å². The SMILES string of the molecule is O=C(/C=C/c1ccc(F)cc1)NS(=O)(=O)C1CCCC1. The fourth-order valence-corrected chi connectivity index (χ4v) is 3.67. The first-order valence-corrected chi connectivity index (χ1v) is 8.01. The number of hydrogen-bond acceptors (Lipinski definition) is 3. The molecule has 1 aliphatic carbocycles. The predicted molar refractivity (Wildman–Crippen MR) is 74.8 cm³/mol. The average molecular weight is 297 g/mol. The Hall–Kier alpha value is -1.69. The zero-order valence-electron chi connectivity index (χ0n) is 10.9. The van der Waals surface area contributed by atoms with Crippen LogP contribution in [0.4, 0.5) is 4.39 Å². The first kappa shape index (κ1) is 14.7. The molecule has 0 unspecified atom stereocenters. The highest BCUT2D eigenvalue weighted by atomic mass is 32.2. The first-order chi connectivity index (χ1) is 9.47. The van der Waals surface area contributed by atoms with Crippen LogP contribution in [0.25, 0.3) is 6.08 Å². The maximum atomic E-state index is 12.7. The molecule has 6 heteroatoms. The van der Waals surface area contributed by atoms with Crippen molar-refractivity contribution in [2.24, 2.45) is 0 Å². The molecule has 0 bridgehead atoms. The summed E-state index contributed by atoms with van der Waals surface area (Å²) in [6, 6.07) is 5.55. The highest BCUT2D eigenvalue weighted by Crippen LogP contribution is 2.23. The molecule has 0 aliphatic heterocycles. The molecule has 0 heterocycles. The van der Waals surface area contributed by atoms with Gasteiger partial charge in [0.1, 0.15) is 5.82 Å². The van der Waals surface area contributed by atoms with Crippen LogP contribution in [0, 0.1) is 5.82 Å². The first-order valence-electron chi connectivity index (χ1n) is 6.46. The van der Waals surface area contributed by atoms with Gasteiger partial charge in [0.05, 0.1) is 5.25 Å². The zero-order valence-corrected chi connectivity index (χ0v) is 11.7. The molecule has 0 aromatic heterocycles. The number of benzene rings is 1. The number of carbonyl (C=O) groups excluding carboxylic acids is 1. The molecule has 1 aromatic rings. The number of rotatable bonds is 4. The lowest BCUT2D eigenvalue weighted by Crippen LogP contribution is -2.36. The van der Waals surface area contributed by atoms with Gasteiger partial charge in [0.25, 0.3) is 5.91 Å². The van der Waals surface area contributed by atoms with E-state index >= 15 is 0 Å². The summed E-state index contributed by atoms with van der Waals surface area (Å²) < 4.78 is 38.5. The second-order valence-corrected chi connectivity index (χ2v) is 6.76. The van der Waals surface area contributed by atoms with Crippen LogP contribution in [-0.2, 0) is 14.8 Å². The predicted octanol–water partition coefficient (Wildman–Crippen LogP) is 2.23. The van der Waals surface area contributed by atoms with Crippen LogP contribution in [0.3, 0.4) is 0 Å². The van der Waals surface area contributed by atoms with E-state index in [0.717, 1.165) is 18.9 Å². The Labute approximate surface area is 117 Å². The van der Waals surface area contributed by atoms with Gasteiger partial charge in [-0.05, 0) is 36.6 Å². The molecule has 1 amide bonds. The summed E-state index contributed by atoms with van der Waals surface area (Å²) in [6.07, 6.45) is 5.55. The van der Waals surface area contributed by atoms with Gasteiger partial charge in [0.15, 0.2) is 0 Å². The van der Waals surface area contributed by atoms with Crippen LogP contribution < -0.4 is 4.72 Å². The van der Waals surface area contributed by atoms with Crippen LogP contribution in [0.1, 0.15) is 31.2 Å². The molecular formula is C14H16FNO3S. The summed E-state index contributed by atoms with van der Waals surface area (Å²) in [4.78, 5) is 11.6. The van der Waals surface area contributed by atoms with Gasteiger partial charge in [-0.1, -0.05) is 25.0 Å². The Kier molecular flexibility index (Phi) is 4.54. The fraction of sp³-hybridized carbons (Fsp3) is 0.357. The summed E-state index contributed by atoms with van der Waals surface area (Å²) in [5.41, 5.74) is 0.625. The number of nitrogens with one attached hydrogen (secondary N) is 1. The number of hydrogen-bond donors (Lipinski definition) is 1. The number of amides is 1. The summed E-state index contributed by atoms with van der Waals surface area (Å²) in [6.45, 7) is 0. The van der Waals surface area contributed by atoms with Crippen molar-refractivity contribution in [2.45, 2.75) is 30.9 Å². The van der Waals surface area contributed by atoms with Gasteiger partial charge in [-0.25, -0.2) is 17.5 Å². The standard InChI is InChI=1S/C14H16FNO3S/c15-12-8-5-11(6-9-12)7-10-14(17)16-20(18,19)13-3-1-2-4-13/h5-10,13H,1-4H2,(H,16,17)/b10-7+. The van der Waals surface area contributed by atoms with Crippen molar-refractivity contribution in [3.8, 4) is 0 Å². The van der Waals surface area contributed by atoms with Crippen LogP contribution in [0.2, 0.25) is 0 Å². The van der Waals surface area contributed by atoms with E-state index in [1.807, 2.05) is 0 Å². The van der Waals surface area contributed by atoms with Crippen LogP contribution in [-0.4, -0.2) is 19.6 Å². The van der Waals surface area contributed by atoms with E-state index in [0.29, 0.717) is 18.4 Å². The summed E-state index contributed by atoms with van der Waals surface area (Å²) >= 11 is 0. The van der Waals surface area contributed by atoms with Gasteiger partial charge in [-0.15, -0.1) is 0 Å². The van der Waals surface area contributed by atoms with E-state index in [1.165, 1.54) is 30.3 Å². The lowest BCUT2D eigenvalue weighted by Gasteiger charge is -2.10. The molecule has 0 spiro atoms. The lowest BCUT2D eigenvalue weighted by molar-refractivity contribution is -0.114. The van der Waals surface area contributed by atoms with E-state index in [1.54, 1.807) is 0 Å². The van der Waals surface area contributed by atoms with Gasteiger partial charge >= 0.3 is 0 Å². The van der Waals surface area contributed by atoms with Gasteiger partial charge in [-0.3, -0.25) is 4.79 Å². The van der Waals surface area contributed by atoms with Crippen molar-refractivity contribution in [1.82, 2.24) is 4.72 Å². The Morgan fingerprint density at radius 2 is 1.80 bits per heavy atom. The van der Waals surface area contributed by atoms with Gasteiger partial charge in [0.2, 0.25) is 10.0 Å². The largest absolute Gasteiger partial charge is 0.269 e. The maximum Gasteiger partial charge on any atom is 0.257 e. The molecule has 1 aromatic carbocycles. The van der Waals surface area contributed by atoms with E-state index < -0.39 is 21.2 Å². The van der Waals surface area contributed by atoms with E-state index in [2.05, 4.69) is 4.72 Å². The normalized spacial score (nSPS) is 16.6. The number of carbonyl (C=O) groups is 1. The molecule has 4 nitrogen and oxygen atoms in total. The summed E-state index contributed by atoms with van der Waals surface area (Å²) in [7, 11) is -3.58. The molecule has 0 radical (unpaired) electrons. The van der Waals surface area contributed by atoms with E-state index in [4.69, 9.17) is 0 Å². The third-order valence-electron chi connectivity index (χ3n) is 3.28. The minimum atomic E-state index is -3.58. The molecule has 20 heavy (non-hydrogen) atoms. The minimum Gasteiger partial charge on any atom is -0.269 e. The van der Waals surface area contributed by atoms with Crippen molar-refractivity contribution >= 4 is 22.0 Å². The molecule has 2 rings (SSSR count). The van der Waals surface area contributed by atoms with Gasteiger partial charge in [0, 0.05) is 6.08 Å². The number of sulfonamides is 1. The van der Waals surface area contributed by atoms with Crippen molar-refractivity contribution in [2.75, 3.05) is 0 Å². The molecule has 1 aliphatic rings. The Morgan fingerprint density at radius 3 is 2.40 bits per heavy atom. The third-order valence-corrected chi connectivity index (χ3v) is 5.12. The van der Waals surface area contributed by atoms with Crippen molar-refractivity contribution < 1.29 is 17.6 Å². The van der Waals surface area contributed by atoms with Crippen molar-refractivity contribution in [3.05, 3.63) is 41.7 Å². The Bertz CT molecular complexity index is 602. The number of halogens is 1. The smallest absolute Gasteiger partial charge is 0.257 e. The van der Waals surface area contributed by atoms with Crippen LogP contribution in [0.15, 0.2) is 30.3 Å². The Balaban J connectivity index is 1.96. The van der Waals surface area contributed by atoms with E-state index in [-0.39, 0.29) is 5.82 Å². The molecule has 0 saturated heterocycles. The maximum absolute atomic E-state index is 12.7. The molecule has 1 fully saturated rings. The highest BCUT2D eigenvalue weighted by Gasteiger charge is 2.29. The summed E-state index contributed by atoms with van der Waals surface area (Å²) in [5.74, 6) is -1.04. The molecular weight excluding hydrogens is 281 g/mol. The molecule has 0 atom stereocenters. The van der Waals surface area contributed by atoms with Crippen LogP contribution in [0.5, 0.6) is 0 Å². The monoisotopic (exact) mass is 297 g/mol. The van der Waals surface area contributed by atoms with Crippen LogP contribution >= 0.6 is 0 Å².